The highest BCUT2D eigenvalue weighted by molar-refractivity contribution is 5.82. The monoisotopic (exact) mass is 331 g/mol. The number of aldehydes is 2. The van der Waals surface area contributed by atoms with Crippen LogP contribution in [-0.4, -0.2) is 17.7 Å². The van der Waals surface area contributed by atoms with E-state index in [-0.39, 0.29) is 6.61 Å². The van der Waals surface area contributed by atoms with E-state index in [0.717, 1.165) is 35.2 Å². The van der Waals surface area contributed by atoms with Gasteiger partial charge >= 0.3 is 0 Å². The average Bonchev–Trinajstić information content (AvgIpc) is 2.70. The molecule has 0 atom stereocenters. The lowest BCUT2D eigenvalue weighted by Gasteiger charge is -2.25. The molecule has 0 saturated carbocycles. The highest BCUT2D eigenvalue weighted by Crippen LogP contribution is 2.34. The Labute approximate surface area is 146 Å². The van der Waals surface area contributed by atoms with Crippen molar-refractivity contribution in [3.63, 3.8) is 0 Å². The van der Waals surface area contributed by atoms with Crippen molar-refractivity contribution >= 4 is 29.6 Å². The lowest BCUT2D eigenvalue weighted by Crippen LogP contribution is -2.10. The Bertz CT molecular complexity index is 802. The van der Waals surface area contributed by atoms with Crippen LogP contribution in [0.1, 0.15) is 26.3 Å². The third-order valence-corrected chi connectivity index (χ3v) is 3.95. The second-order valence-electron chi connectivity index (χ2n) is 5.58. The number of carbonyl (C=O) groups excluding carboxylic acids is 2. The molecule has 0 amide bonds. The van der Waals surface area contributed by atoms with Crippen molar-refractivity contribution in [3.05, 3.63) is 89.5 Å². The summed E-state index contributed by atoms with van der Waals surface area (Å²) in [6, 6.07) is 22.1. The Hall–Kier alpha value is -3.24. The number of aliphatic hydroxyl groups excluding tert-OH is 1. The molecule has 3 aromatic rings. The fraction of sp³-hybridized carbons (Fsp3) is 0.0476. The van der Waals surface area contributed by atoms with Crippen LogP contribution in [0.5, 0.6) is 0 Å². The van der Waals surface area contributed by atoms with Gasteiger partial charge in [-0.1, -0.05) is 12.1 Å². The minimum atomic E-state index is -0.0116. The summed E-state index contributed by atoms with van der Waals surface area (Å²) in [6.07, 6.45) is 1.62. The van der Waals surface area contributed by atoms with Gasteiger partial charge in [-0.25, -0.2) is 0 Å². The first kappa shape index (κ1) is 16.6. The quantitative estimate of drug-likeness (QED) is 0.685. The predicted molar refractivity (Wildman–Crippen MR) is 97.8 cm³/mol. The standard InChI is InChI=1S/C21H17NO3/c23-13-16-1-7-19(8-2-16)22(20-9-3-17(14-24)4-10-20)21-11-5-18(15-25)6-12-21/h1-14,25H,15H2. The Kier molecular flexibility index (Phi) is 5.02. The van der Waals surface area contributed by atoms with Gasteiger partial charge in [-0.2, -0.15) is 0 Å². The van der Waals surface area contributed by atoms with Gasteiger partial charge in [-0.15, -0.1) is 0 Å². The first-order valence-electron chi connectivity index (χ1n) is 7.85. The Morgan fingerprint density at radius 2 is 1.00 bits per heavy atom. The van der Waals surface area contributed by atoms with Crippen LogP contribution >= 0.6 is 0 Å². The summed E-state index contributed by atoms with van der Waals surface area (Å²) in [7, 11) is 0. The SMILES string of the molecule is O=Cc1ccc(N(c2ccc(C=O)cc2)c2ccc(CO)cc2)cc1. The molecule has 1 N–H and O–H groups in total. The summed E-state index contributed by atoms with van der Waals surface area (Å²) in [5.74, 6) is 0. The summed E-state index contributed by atoms with van der Waals surface area (Å²) >= 11 is 0. The van der Waals surface area contributed by atoms with Crippen molar-refractivity contribution in [3.8, 4) is 0 Å². The Morgan fingerprint density at radius 3 is 1.32 bits per heavy atom. The zero-order valence-corrected chi connectivity index (χ0v) is 13.5. The topological polar surface area (TPSA) is 57.6 Å². The lowest BCUT2D eigenvalue weighted by atomic mass is 10.1. The number of benzene rings is 3. The van der Waals surface area contributed by atoms with Crippen LogP contribution in [0.3, 0.4) is 0 Å². The minimum absolute atomic E-state index is 0.0116. The van der Waals surface area contributed by atoms with Crippen LogP contribution in [0.4, 0.5) is 17.1 Å². The summed E-state index contributed by atoms with van der Waals surface area (Å²) in [4.78, 5) is 23.8. The van der Waals surface area contributed by atoms with Gasteiger partial charge in [-0.05, 0) is 66.2 Å². The zero-order valence-electron chi connectivity index (χ0n) is 13.5. The summed E-state index contributed by atoms with van der Waals surface area (Å²) in [6.45, 7) is -0.0116. The molecule has 0 aromatic heterocycles. The molecule has 0 radical (unpaired) electrons. The van der Waals surface area contributed by atoms with Gasteiger partial charge in [0.1, 0.15) is 12.6 Å². The van der Waals surface area contributed by atoms with Crippen LogP contribution in [0.2, 0.25) is 0 Å². The van der Waals surface area contributed by atoms with E-state index in [0.29, 0.717) is 11.1 Å². The summed E-state index contributed by atoms with van der Waals surface area (Å²) < 4.78 is 0. The fourth-order valence-electron chi connectivity index (χ4n) is 2.60. The van der Waals surface area contributed by atoms with Crippen molar-refractivity contribution < 1.29 is 14.7 Å². The molecule has 0 bridgehead atoms. The van der Waals surface area contributed by atoms with Gasteiger partial charge in [0.25, 0.3) is 0 Å². The largest absolute Gasteiger partial charge is 0.392 e. The van der Waals surface area contributed by atoms with Gasteiger partial charge < -0.3 is 10.0 Å². The first-order valence-corrected chi connectivity index (χ1v) is 7.85. The third-order valence-electron chi connectivity index (χ3n) is 3.95. The number of aliphatic hydroxyl groups is 1. The van der Waals surface area contributed by atoms with Crippen molar-refractivity contribution in [2.24, 2.45) is 0 Å². The molecule has 0 fully saturated rings. The molecule has 3 rings (SSSR count). The maximum absolute atomic E-state index is 10.9. The highest BCUT2D eigenvalue weighted by atomic mass is 16.3. The molecule has 4 nitrogen and oxygen atoms in total. The van der Waals surface area contributed by atoms with E-state index in [9.17, 15) is 14.7 Å². The van der Waals surface area contributed by atoms with E-state index >= 15 is 0 Å². The number of anilines is 3. The minimum Gasteiger partial charge on any atom is -0.392 e. The molecule has 0 heterocycles. The van der Waals surface area contributed by atoms with Crippen LogP contribution in [0.15, 0.2) is 72.8 Å². The summed E-state index contributed by atoms with van der Waals surface area (Å²) in [5, 5.41) is 9.24. The maximum atomic E-state index is 10.9. The van der Waals surface area contributed by atoms with E-state index in [1.54, 1.807) is 24.3 Å². The third kappa shape index (κ3) is 3.65. The average molecular weight is 331 g/mol. The van der Waals surface area contributed by atoms with Gasteiger partial charge in [-0.3, -0.25) is 9.59 Å². The van der Waals surface area contributed by atoms with Crippen LogP contribution in [0, 0.1) is 0 Å². The fourth-order valence-corrected chi connectivity index (χ4v) is 2.60. The van der Waals surface area contributed by atoms with Crippen molar-refractivity contribution in [2.75, 3.05) is 4.90 Å². The van der Waals surface area contributed by atoms with E-state index in [1.807, 2.05) is 53.4 Å². The van der Waals surface area contributed by atoms with E-state index in [1.165, 1.54) is 0 Å². The van der Waals surface area contributed by atoms with E-state index in [2.05, 4.69) is 0 Å². The molecule has 0 unspecified atom stereocenters. The second kappa shape index (κ2) is 7.55. The second-order valence-corrected chi connectivity index (χ2v) is 5.58. The molecular formula is C21H17NO3. The Morgan fingerprint density at radius 1 is 0.640 bits per heavy atom. The van der Waals surface area contributed by atoms with Gasteiger partial charge in [0.15, 0.2) is 0 Å². The van der Waals surface area contributed by atoms with Gasteiger partial charge in [0.05, 0.1) is 6.61 Å². The Balaban J connectivity index is 2.07. The van der Waals surface area contributed by atoms with Crippen LogP contribution in [-0.2, 0) is 6.61 Å². The predicted octanol–water partition coefficient (Wildman–Crippen LogP) is 4.27. The number of carbonyl (C=O) groups is 2. The molecule has 0 spiro atoms. The van der Waals surface area contributed by atoms with E-state index < -0.39 is 0 Å². The summed E-state index contributed by atoms with van der Waals surface area (Å²) in [5.41, 5.74) is 4.74. The highest BCUT2D eigenvalue weighted by Gasteiger charge is 2.12. The molecule has 124 valence electrons. The van der Waals surface area contributed by atoms with Crippen molar-refractivity contribution in [1.82, 2.24) is 0 Å². The first-order chi connectivity index (χ1) is 12.2. The number of hydrogen-bond donors (Lipinski definition) is 1. The number of hydrogen-bond acceptors (Lipinski definition) is 4. The smallest absolute Gasteiger partial charge is 0.150 e. The number of nitrogens with zero attached hydrogens (tertiary/aromatic N) is 1. The van der Waals surface area contributed by atoms with Crippen molar-refractivity contribution in [2.45, 2.75) is 6.61 Å². The van der Waals surface area contributed by atoms with Gasteiger partial charge in [0, 0.05) is 28.2 Å². The normalized spacial score (nSPS) is 10.3. The molecular weight excluding hydrogens is 314 g/mol. The van der Waals surface area contributed by atoms with Crippen LogP contribution in [0.25, 0.3) is 0 Å². The molecule has 0 saturated heterocycles. The maximum Gasteiger partial charge on any atom is 0.150 e. The molecule has 4 heteroatoms. The molecule has 3 aromatic carbocycles. The molecule has 0 aliphatic rings. The van der Waals surface area contributed by atoms with Crippen LogP contribution < -0.4 is 4.90 Å². The van der Waals surface area contributed by atoms with Crippen molar-refractivity contribution in [1.29, 1.82) is 0 Å². The zero-order chi connectivity index (χ0) is 17.6. The van der Waals surface area contributed by atoms with E-state index in [4.69, 9.17) is 0 Å². The molecule has 0 aliphatic heterocycles. The van der Waals surface area contributed by atoms with Gasteiger partial charge in [0.2, 0.25) is 0 Å². The molecule has 25 heavy (non-hydrogen) atoms. The lowest BCUT2D eigenvalue weighted by molar-refractivity contribution is 0.111. The number of rotatable bonds is 6. The molecule has 0 aliphatic carbocycles.